The van der Waals surface area contributed by atoms with Gasteiger partial charge in [-0.15, -0.1) is 0 Å². The third kappa shape index (κ3) is 4.92. The van der Waals surface area contributed by atoms with Gasteiger partial charge in [-0.2, -0.15) is 10.2 Å². The summed E-state index contributed by atoms with van der Waals surface area (Å²) in [6.45, 7) is 3.14. The van der Waals surface area contributed by atoms with E-state index in [-0.39, 0.29) is 11.9 Å². The summed E-state index contributed by atoms with van der Waals surface area (Å²) < 4.78 is 13.8. The van der Waals surface area contributed by atoms with Crippen LogP contribution in [0.15, 0.2) is 36.7 Å². The molecule has 0 saturated carbocycles. The van der Waals surface area contributed by atoms with Crippen LogP contribution in [0.1, 0.15) is 40.2 Å². The van der Waals surface area contributed by atoms with Crippen molar-refractivity contribution in [3.63, 3.8) is 0 Å². The Kier molecular flexibility index (Phi) is 6.65. The van der Waals surface area contributed by atoms with E-state index in [0.29, 0.717) is 31.1 Å². The fraction of sp³-hybridized carbons (Fsp3) is 0.357. The van der Waals surface area contributed by atoms with Gasteiger partial charge in [0.25, 0.3) is 5.91 Å². The molecule has 38 heavy (non-hydrogen) atoms. The maximum absolute atomic E-state index is 13.1. The van der Waals surface area contributed by atoms with Crippen molar-refractivity contribution < 1.29 is 14.3 Å². The summed E-state index contributed by atoms with van der Waals surface area (Å²) >= 11 is 0. The van der Waals surface area contributed by atoms with Gasteiger partial charge in [0.15, 0.2) is 0 Å². The molecular weight excluding hydrogens is 482 g/mol. The van der Waals surface area contributed by atoms with Crippen LogP contribution in [0.5, 0.6) is 5.75 Å². The van der Waals surface area contributed by atoms with Gasteiger partial charge in [0, 0.05) is 35.2 Å². The topological polar surface area (TPSA) is 110 Å². The molecule has 0 radical (unpaired) electrons. The number of carbonyl (C=O) groups is 1. The van der Waals surface area contributed by atoms with E-state index in [9.17, 15) is 4.79 Å². The third-order valence-corrected chi connectivity index (χ3v) is 7.28. The van der Waals surface area contributed by atoms with Crippen LogP contribution >= 0.6 is 0 Å². The van der Waals surface area contributed by atoms with Crippen LogP contribution < -0.4 is 10.1 Å². The minimum Gasteiger partial charge on any atom is -0.491 e. The number of nitrogens with zero attached hydrogens (tertiary/aromatic N) is 5. The van der Waals surface area contributed by atoms with Crippen molar-refractivity contribution in [3.8, 4) is 17.0 Å². The first-order valence-corrected chi connectivity index (χ1v) is 12.9. The summed E-state index contributed by atoms with van der Waals surface area (Å²) in [6.07, 6.45) is 9.38. The molecule has 2 aliphatic heterocycles. The van der Waals surface area contributed by atoms with Crippen molar-refractivity contribution in [2.24, 2.45) is 7.05 Å². The first-order valence-electron chi connectivity index (χ1n) is 12.9. The van der Waals surface area contributed by atoms with Crippen LogP contribution in [0.3, 0.4) is 0 Å². The zero-order chi connectivity index (χ0) is 26.1. The predicted molar refractivity (Wildman–Crippen MR) is 145 cm³/mol. The van der Waals surface area contributed by atoms with Crippen LogP contribution in [-0.2, 0) is 18.4 Å². The minimum atomic E-state index is -0.0673. The number of piperidine rings is 1. The van der Waals surface area contributed by atoms with Gasteiger partial charge in [-0.3, -0.25) is 19.6 Å². The number of aromatic nitrogens is 5. The average Bonchev–Trinajstić information content (AvgIpc) is 3.50. The van der Waals surface area contributed by atoms with Crippen molar-refractivity contribution in [1.82, 2.24) is 35.2 Å². The molecule has 0 atom stereocenters. The Morgan fingerprint density at radius 2 is 1.97 bits per heavy atom. The molecular formula is C28H31N7O3. The third-order valence-electron chi connectivity index (χ3n) is 7.28. The Morgan fingerprint density at radius 1 is 1.11 bits per heavy atom. The molecule has 0 unspecified atom stereocenters. The molecule has 2 bridgehead atoms. The molecule has 0 aliphatic carbocycles. The van der Waals surface area contributed by atoms with Gasteiger partial charge in [-0.25, -0.2) is 0 Å². The zero-order valence-electron chi connectivity index (χ0n) is 21.6. The van der Waals surface area contributed by atoms with Crippen LogP contribution in [0.25, 0.3) is 34.3 Å². The predicted octanol–water partition coefficient (Wildman–Crippen LogP) is 3.26. The molecule has 1 fully saturated rings. The highest BCUT2D eigenvalue weighted by atomic mass is 16.5. The lowest BCUT2D eigenvalue weighted by atomic mass is 10.0. The number of H-pyrrole nitrogens is 1. The molecule has 1 saturated heterocycles. The highest BCUT2D eigenvalue weighted by molar-refractivity contribution is 5.96. The summed E-state index contributed by atoms with van der Waals surface area (Å²) in [5, 5.41) is 16.1. The summed E-state index contributed by atoms with van der Waals surface area (Å²) in [4.78, 5) is 20.0. The second-order valence-corrected chi connectivity index (χ2v) is 9.89. The molecule has 196 valence electrons. The number of likely N-dealkylation sites (tertiary alicyclic amines) is 1. The number of hydrogen-bond acceptors (Lipinski definition) is 7. The van der Waals surface area contributed by atoms with Gasteiger partial charge in [0.2, 0.25) is 0 Å². The Bertz CT molecular complexity index is 1500. The maximum Gasteiger partial charge on any atom is 0.251 e. The number of fused-ring (bicyclic) bond motifs is 4. The molecule has 0 spiro atoms. The van der Waals surface area contributed by atoms with Gasteiger partial charge < -0.3 is 19.7 Å². The van der Waals surface area contributed by atoms with Crippen molar-refractivity contribution in [3.05, 3.63) is 59.2 Å². The smallest absolute Gasteiger partial charge is 0.251 e. The molecule has 2 aliphatic rings. The van der Waals surface area contributed by atoms with Crippen molar-refractivity contribution in [2.45, 2.75) is 25.5 Å². The number of pyridine rings is 1. The highest BCUT2D eigenvalue weighted by Crippen LogP contribution is 2.29. The number of nitrogens with one attached hydrogen (secondary N) is 2. The van der Waals surface area contributed by atoms with E-state index in [4.69, 9.17) is 9.47 Å². The van der Waals surface area contributed by atoms with E-state index in [1.807, 2.05) is 54.3 Å². The monoisotopic (exact) mass is 513 g/mol. The normalized spacial score (nSPS) is 17.7. The van der Waals surface area contributed by atoms with Crippen molar-refractivity contribution in [1.29, 1.82) is 0 Å². The van der Waals surface area contributed by atoms with Crippen LogP contribution in [0.4, 0.5) is 0 Å². The lowest BCUT2D eigenvalue weighted by molar-refractivity contribution is 0.0852. The van der Waals surface area contributed by atoms with E-state index in [0.717, 1.165) is 65.0 Å². The van der Waals surface area contributed by atoms with E-state index in [1.165, 1.54) is 0 Å². The Morgan fingerprint density at radius 3 is 2.84 bits per heavy atom. The SMILES string of the molecule is CN1CCC(NC(=O)c2ccc3c(c2)/C=C/c2n[nH]c4cnc(cc24)-c2cnn(C)c2COCCO3)CC1. The Balaban J connectivity index is 1.33. The largest absolute Gasteiger partial charge is 0.491 e. The number of ether oxygens (including phenoxy) is 2. The second kappa shape index (κ2) is 10.4. The number of rotatable bonds is 2. The fourth-order valence-corrected chi connectivity index (χ4v) is 4.98. The number of benzene rings is 1. The zero-order valence-corrected chi connectivity index (χ0v) is 21.6. The maximum atomic E-state index is 13.1. The molecule has 10 nitrogen and oxygen atoms in total. The van der Waals surface area contributed by atoms with Gasteiger partial charge >= 0.3 is 0 Å². The van der Waals surface area contributed by atoms with Crippen molar-refractivity contribution in [2.75, 3.05) is 33.4 Å². The van der Waals surface area contributed by atoms with Gasteiger partial charge in [0.05, 0.1) is 48.2 Å². The van der Waals surface area contributed by atoms with E-state index < -0.39 is 0 Å². The standard InChI is InChI=1S/C28H31N7O3/c1-34-9-7-20(8-10-34)31-28(36)19-4-6-27-18(13-19)3-5-23-21-14-24(29-16-25(21)33-32-23)22-15-30-35(2)26(22)17-37-11-12-38-27/h3-6,13-16,20H,7-12,17H2,1-2H3,(H,31,36)(H,32,33)/b5-3+. The lowest BCUT2D eigenvalue weighted by Gasteiger charge is -2.29. The molecule has 2 N–H and O–H groups in total. The first kappa shape index (κ1) is 24.3. The van der Waals surface area contributed by atoms with Crippen molar-refractivity contribution >= 4 is 29.0 Å². The average molecular weight is 514 g/mol. The number of carbonyl (C=O) groups excluding carboxylic acids is 1. The molecule has 3 aromatic heterocycles. The molecule has 1 aromatic carbocycles. The highest BCUT2D eigenvalue weighted by Gasteiger charge is 2.20. The van der Waals surface area contributed by atoms with Gasteiger partial charge in [-0.1, -0.05) is 0 Å². The Labute approximate surface area is 220 Å². The number of amides is 1. The molecule has 1 amide bonds. The van der Waals surface area contributed by atoms with E-state index in [1.54, 1.807) is 6.20 Å². The molecule has 6 rings (SSSR count). The fourth-order valence-electron chi connectivity index (χ4n) is 4.98. The molecule has 5 heterocycles. The van der Waals surface area contributed by atoms with E-state index in [2.05, 4.69) is 37.5 Å². The minimum absolute atomic E-state index is 0.0673. The molecule has 4 aromatic rings. The van der Waals surface area contributed by atoms with Crippen LogP contribution in [0.2, 0.25) is 0 Å². The number of hydrogen-bond donors (Lipinski definition) is 2. The summed E-state index contributed by atoms with van der Waals surface area (Å²) in [7, 11) is 4.01. The second-order valence-electron chi connectivity index (χ2n) is 9.89. The number of aromatic amines is 1. The summed E-state index contributed by atoms with van der Waals surface area (Å²) in [5.74, 6) is 0.612. The van der Waals surface area contributed by atoms with Gasteiger partial charge in [0.1, 0.15) is 12.4 Å². The lowest BCUT2D eigenvalue weighted by Crippen LogP contribution is -2.43. The Hall–Kier alpha value is -4.02. The quantitative estimate of drug-likeness (QED) is 0.423. The van der Waals surface area contributed by atoms with E-state index >= 15 is 0 Å². The molecule has 10 heteroatoms. The van der Waals surface area contributed by atoms with Gasteiger partial charge in [-0.05, 0) is 69.4 Å². The number of aryl methyl sites for hydroxylation is 1. The first-order chi connectivity index (χ1) is 18.5. The van der Waals surface area contributed by atoms with Crippen LogP contribution in [-0.4, -0.2) is 75.2 Å². The van der Waals surface area contributed by atoms with Crippen LogP contribution in [0, 0.1) is 0 Å². The summed E-state index contributed by atoms with van der Waals surface area (Å²) in [6, 6.07) is 7.75. The summed E-state index contributed by atoms with van der Waals surface area (Å²) in [5.41, 5.74) is 5.67.